The van der Waals surface area contributed by atoms with E-state index >= 15 is 0 Å². The Morgan fingerprint density at radius 3 is 2.34 bits per heavy atom. The highest BCUT2D eigenvalue weighted by atomic mass is 31.1. The Morgan fingerprint density at radius 2 is 1.63 bits per heavy atom. The number of aromatic nitrogens is 6. The second-order valence-electron chi connectivity index (χ2n) is 20.6. The molecule has 3 unspecified atom stereocenters. The van der Waals surface area contributed by atoms with Crippen molar-refractivity contribution >= 4 is 69.8 Å². The summed E-state index contributed by atoms with van der Waals surface area (Å²) in [5, 5.41) is 10.7. The summed E-state index contributed by atoms with van der Waals surface area (Å²) < 4.78 is 69.2. The number of hydrogen-bond acceptors (Lipinski definition) is 22. The second kappa shape index (κ2) is 35.1. The number of hydrogen-bond donors (Lipinski definition) is 7. The number of amides is 5. The molecule has 0 radical (unpaired) electrons. The number of nitrogens with one attached hydrogen (secondary N) is 5. The molecule has 1 aliphatic carbocycles. The number of nitrogens with zero attached hydrogens (tertiary/aromatic N) is 6. The Morgan fingerprint density at radius 1 is 0.897 bits per heavy atom. The van der Waals surface area contributed by atoms with Gasteiger partial charge in [0.2, 0.25) is 29.5 Å². The molecule has 0 spiro atoms. The van der Waals surface area contributed by atoms with E-state index in [1.807, 2.05) is 0 Å². The van der Waals surface area contributed by atoms with Gasteiger partial charge in [0.15, 0.2) is 26.4 Å². The number of aromatic amines is 1. The predicted molar refractivity (Wildman–Crippen MR) is 313 cm³/mol. The van der Waals surface area contributed by atoms with E-state index in [1.54, 1.807) is 74.6 Å². The van der Waals surface area contributed by atoms with Crippen molar-refractivity contribution in [3.63, 3.8) is 0 Å². The first-order valence-electron chi connectivity index (χ1n) is 28.2. The number of nitrogens with two attached hydrogens (primary N) is 1. The third-order valence-electron chi connectivity index (χ3n) is 13.6. The molecule has 1 aliphatic heterocycles. The number of fused-ring (bicyclic) bond motifs is 1. The Balaban J connectivity index is 0.851. The molecule has 8 N–H and O–H groups in total. The standard InChI is InChI=1S/C55H74N12O18P2/c1-34(2)46(62-44(68)31-79-24-23-78-22-21-77-20-19-76-18-16-56)51(71)60-35(3)49(69)61-39-12-9-36(10-13-39)28-80-55(73)66(4)27-38-7-5-6-8-42(38)50(70)64-54-63-48-47(52(72)65-54)59-33-67(48)53-43(26-41(84-53)30-82-87(74)75)85-86-81-29-37-11-14-40(25-37)83-45-15-17-57-32-58-45/h5-10,12-13,15,17,32-35,37,40-41,43,46,53,86H,11,14,16,18-31,56H2,1-4H3,(H5-,60,61,62,63,64,65,68,69,70,71,72,74,75)/p+1/t35-,37?,40-,41-,43+,46-,53+/m0/s1. The molecule has 9 atom stereocenters. The van der Waals surface area contributed by atoms with Gasteiger partial charge in [-0.3, -0.25) is 38.8 Å². The van der Waals surface area contributed by atoms with E-state index in [-0.39, 0.29) is 86.6 Å². The molecular formula is C55H75N12O18P2+. The van der Waals surface area contributed by atoms with Crippen LogP contribution in [0, 0.1) is 11.8 Å². The van der Waals surface area contributed by atoms with Crippen LogP contribution in [0.5, 0.6) is 5.88 Å². The van der Waals surface area contributed by atoms with Gasteiger partial charge in [0.25, 0.3) is 11.5 Å². The monoisotopic (exact) mass is 1250 g/mol. The van der Waals surface area contributed by atoms with Crippen molar-refractivity contribution in [3.05, 3.63) is 100 Å². The van der Waals surface area contributed by atoms with E-state index in [2.05, 4.69) is 46.2 Å². The van der Waals surface area contributed by atoms with Gasteiger partial charge in [-0.1, -0.05) is 44.2 Å². The lowest BCUT2D eigenvalue weighted by Gasteiger charge is -2.24. The summed E-state index contributed by atoms with van der Waals surface area (Å²) in [5.74, 6) is -2.03. The van der Waals surface area contributed by atoms with Gasteiger partial charge in [-0.05, 0) is 67.3 Å². The van der Waals surface area contributed by atoms with Crippen LogP contribution in [0.1, 0.15) is 74.2 Å². The van der Waals surface area contributed by atoms with Crippen LogP contribution in [0.15, 0.2) is 78.2 Å². The van der Waals surface area contributed by atoms with Crippen molar-refractivity contribution in [1.82, 2.24) is 45.0 Å². The Kier molecular flexibility index (Phi) is 27.2. The molecule has 472 valence electrons. The topological polar surface area (TPSA) is 382 Å². The van der Waals surface area contributed by atoms with Gasteiger partial charge in [0, 0.05) is 54.6 Å². The summed E-state index contributed by atoms with van der Waals surface area (Å²) in [7, 11) is -1.83. The number of H-pyrrole nitrogens is 1. The van der Waals surface area contributed by atoms with Crippen LogP contribution < -0.4 is 37.3 Å². The molecule has 5 amide bonds. The van der Waals surface area contributed by atoms with Crippen LogP contribution in [-0.2, 0) is 74.1 Å². The minimum Gasteiger partial charge on any atom is -0.474 e. The maximum Gasteiger partial charge on any atom is 0.694 e. The smallest absolute Gasteiger partial charge is 0.474 e. The van der Waals surface area contributed by atoms with Gasteiger partial charge in [-0.2, -0.15) is 4.98 Å². The van der Waals surface area contributed by atoms with Crippen LogP contribution in [0.25, 0.3) is 11.2 Å². The lowest BCUT2D eigenvalue weighted by Crippen LogP contribution is -2.54. The van der Waals surface area contributed by atoms with E-state index in [0.29, 0.717) is 68.9 Å². The lowest BCUT2D eigenvalue weighted by atomic mass is 10.0. The van der Waals surface area contributed by atoms with E-state index in [4.69, 9.17) is 52.5 Å². The van der Waals surface area contributed by atoms with Crippen molar-refractivity contribution in [3.8, 4) is 5.88 Å². The molecule has 3 aromatic heterocycles. The molecule has 5 aromatic rings. The normalized spacial score (nSPS) is 18.4. The lowest BCUT2D eigenvalue weighted by molar-refractivity contribution is -0.133. The van der Waals surface area contributed by atoms with Crippen molar-refractivity contribution in [2.75, 3.05) is 90.3 Å². The molecule has 1 saturated heterocycles. The number of rotatable bonds is 36. The van der Waals surface area contributed by atoms with Gasteiger partial charge in [0.1, 0.15) is 50.4 Å². The van der Waals surface area contributed by atoms with Gasteiger partial charge in [0.05, 0.1) is 65.3 Å². The number of ether oxygens (including phenoxy) is 7. The first-order chi connectivity index (χ1) is 42.0. The van der Waals surface area contributed by atoms with E-state index in [1.165, 1.54) is 36.1 Å². The molecule has 0 bridgehead atoms. The van der Waals surface area contributed by atoms with Crippen LogP contribution in [-0.4, -0.2) is 179 Å². The molecule has 7 rings (SSSR count). The first kappa shape index (κ1) is 67.5. The quantitative estimate of drug-likeness (QED) is 0.0222. The fourth-order valence-electron chi connectivity index (χ4n) is 9.14. The summed E-state index contributed by atoms with van der Waals surface area (Å²) in [6.45, 7) is 7.62. The van der Waals surface area contributed by atoms with E-state index < -0.39 is 83.1 Å². The highest BCUT2D eigenvalue weighted by molar-refractivity contribution is 7.32. The fourth-order valence-corrected chi connectivity index (χ4v) is 10.1. The molecule has 2 aliphatic rings. The third-order valence-corrected chi connectivity index (χ3v) is 14.6. The molecule has 1 saturated carbocycles. The highest BCUT2D eigenvalue weighted by Gasteiger charge is 2.41. The number of benzene rings is 2. The average molecular weight is 1250 g/mol. The molecule has 87 heavy (non-hydrogen) atoms. The van der Waals surface area contributed by atoms with Crippen molar-refractivity contribution in [1.29, 1.82) is 0 Å². The van der Waals surface area contributed by atoms with Crippen molar-refractivity contribution in [2.45, 2.75) is 96.2 Å². The molecule has 4 heterocycles. The molecular weight excluding hydrogens is 1180 g/mol. The molecule has 2 aromatic carbocycles. The number of anilines is 2. The number of carbonyl (C=O) groups excluding carboxylic acids is 5. The largest absolute Gasteiger partial charge is 0.694 e. The predicted octanol–water partition coefficient (Wildman–Crippen LogP) is 3.65. The average Bonchev–Trinajstić information content (AvgIpc) is 1.81. The minimum atomic E-state index is -2.91. The summed E-state index contributed by atoms with van der Waals surface area (Å²) in [6, 6.07) is 12.8. The first-order valence-corrected chi connectivity index (χ1v) is 30.1. The SMILES string of the molecule is CC(C)[C@H](NC(=O)COCCOCCOCCOCCN)C(=O)N[C@@H](C)C(=O)Nc1ccc(COC(=O)N(C)Cc2ccccc2C(=O)Nc2nc3c(ncn3[C@@H]3O[C@H](CO[P+](=O)O)C[C@H]3OPOCC3CC[C@H](Oc4ccncn4)C3)c(=O)[nH]2)cc1. The Hall–Kier alpha value is -7.05. The van der Waals surface area contributed by atoms with Crippen molar-refractivity contribution in [2.24, 2.45) is 17.6 Å². The number of carbonyl (C=O) groups is 5. The van der Waals surface area contributed by atoms with Gasteiger partial charge < -0.3 is 68.8 Å². The van der Waals surface area contributed by atoms with Crippen LogP contribution in [0.4, 0.5) is 16.4 Å². The van der Waals surface area contributed by atoms with Crippen LogP contribution in [0.2, 0.25) is 0 Å². The summed E-state index contributed by atoms with van der Waals surface area (Å²) in [4.78, 5) is 110. The zero-order valence-corrected chi connectivity index (χ0v) is 50.6. The van der Waals surface area contributed by atoms with Gasteiger partial charge >= 0.3 is 14.3 Å². The van der Waals surface area contributed by atoms with Gasteiger partial charge in [-0.15, -0.1) is 9.42 Å². The Bertz CT molecular complexity index is 3090. The van der Waals surface area contributed by atoms with E-state index in [9.17, 15) is 38.2 Å². The summed E-state index contributed by atoms with van der Waals surface area (Å²) in [5.41, 5.74) is 6.27. The maximum atomic E-state index is 13.9. The van der Waals surface area contributed by atoms with Crippen LogP contribution in [0.3, 0.4) is 0 Å². The van der Waals surface area contributed by atoms with Crippen LogP contribution >= 0.6 is 17.3 Å². The highest BCUT2D eigenvalue weighted by Crippen LogP contribution is 2.39. The van der Waals surface area contributed by atoms with Gasteiger partial charge in [-0.25, -0.2) is 19.7 Å². The second-order valence-corrected chi connectivity index (χ2v) is 22.0. The third kappa shape index (κ3) is 21.6. The van der Waals surface area contributed by atoms with Crippen molar-refractivity contribution < 1.29 is 80.2 Å². The molecule has 32 heteroatoms. The zero-order valence-electron chi connectivity index (χ0n) is 48.7. The molecule has 2 fully saturated rings. The summed E-state index contributed by atoms with van der Waals surface area (Å²) in [6.07, 6.45) is 4.07. The minimum absolute atomic E-state index is 0.00618. The zero-order chi connectivity index (χ0) is 62.1. The number of imidazole rings is 1. The fraction of sp³-hybridized carbons (Fsp3) is 0.527. The maximum absolute atomic E-state index is 13.9. The Labute approximate surface area is 503 Å². The molecule has 30 nitrogen and oxygen atoms in total. The summed E-state index contributed by atoms with van der Waals surface area (Å²) >= 11 is 0. The van der Waals surface area contributed by atoms with E-state index in [0.717, 1.165) is 19.3 Å².